The Hall–Kier alpha value is -2.65. The van der Waals surface area contributed by atoms with Crippen LogP contribution in [0.25, 0.3) is 0 Å². The number of para-hydroxylation sites is 2. The second kappa shape index (κ2) is 11.1. The van der Waals surface area contributed by atoms with Crippen molar-refractivity contribution in [1.82, 2.24) is 10.6 Å². The molecule has 2 heterocycles. The van der Waals surface area contributed by atoms with Gasteiger partial charge in [0.25, 0.3) is 0 Å². The van der Waals surface area contributed by atoms with Gasteiger partial charge in [0.05, 0.1) is 5.69 Å². The molecule has 1 aromatic rings. The summed E-state index contributed by atoms with van der Waals surface area (Å²) in [6, 6.07) is 4.86. The predicted octanol–water partition coefficient (Wildman–Crippen LogP) is 1.47. The van der Waals surface area contributed by atoms with Crippen LogP contribution in [-0.4, -0.2) is 66.4 Å². The van der Waals surface area contributed by atoms with Crippen molar-refractivity contribution in [3.8, 4) is 5.75 Å². The molecule has 1 saturated heterocycles. The molecule has 2 aliphatic heterocycles. The number of carbonyl (C=O) groups is 3. The van der Waals surface area contributed by atoms with Gasteiger partial charge in [-0.15, -0.1) is 0 Å². The lowest BCUT2D eigenvalue weighted by atomic mass is 9.92. The highest BCUT2D eigenvalue weighted by Gasteiger charge is 2.35. The predicted molar refractivity (Wildman–Crippen MR) is 114 cm³/mol. The van der Waals surface area contributed by atoms with Crippen LogP contribution in [0.1, 0.15) is 38.5 Å². The first-order chi connectivity index (χ1) is 15.0. The number of benzene rings is 1. The van der Waals surface area contributed by atoms with E-state index in [1.807, 2.05) is 0 Å². The summed E-state index contributed by atoms with van der Waals surface area (Å²) in [5.41, 5.74) is 0.369. The number of hydrogen-bond acceptors (Lipinski definition) is 6. The lowest BCUT2D eigenvalue weighted by Crippen LogP contribution is -2.54. The van der Waals surface area contributed by atoms with E-state index in [2.05, 4.69) is 10.6 Å². The van der Waals surface area contributed by atoms with Crippen molar-refractivity contribution >= 4 is 23.5 Å². The zero-order chi connectivity index (χ0) is 22.2. The van der Waals surface area contributed by atoms with Crippen molar-refractivity contribution in [2.45, 2.75) is 50.6 Å². The lowest BCUT2D eigenvalue weighted by Gasteiger charge is -2.25. The Morgan fingerprint density at radius 3 is 2.65 bits per heavy atom. The Bertz CT molecular complexity index is 780. The van der Waals surface area contributed by atoms with Gasteiger partial charge in [0.1, 0.15) is 31.0 Å². The minimum atomic E-state index is -1.16. The summed E-state index contributed by atoms with van der Waals surface area (Å²) in [7, 11) is 0. The van der Waals surface area contributed by atoms with Crippen LogP contribution < -0.4 is 20.3 Å². The van der Waals surface area contributed by atoms with E-state index < -0.39 is 36.5 Å². The molecular weight excluding hydrogens is 402 g/mol. The van der Waals surface area contributed by atoms with E-state index in [0.29, 0.717) is 23.8 Å². The number of hydrogen-bond donors (Lipinski definition) is 4. The monoisotopic (exact) mass is 433 g/mol. The number of unbranched alkanes of at least 4 members (excludes halogenated alkanes) is 1. The van der Waals surface area contributed by atoms with Crippen molar-refractivity contribution in [3.63, 3.8) is 0 Å². The molecule has 1 aromatic carbocycles. The number of ether oxygens (including phenoxy) is 1. The summed E-state index contributed by atoms with van der Waals surface area (Å²) in [6.45, 7) is 1.50. The second-order valence-electron chi connectivity index (χ2n) is 8.18. The summed E-state index contributed by atoms with van der Waals surface area (Å²) >= 11 is 0. The third-order valence-corrected chi connectivity index (χ3v) is 5.93. The Kier molecular flexibility index (Phi) is 8.25. The molecule has 0 saturated carbocycles. The van der Waals surface area contributed by atoms with Gasteiger partial charge in [-0.05, 0) is 50.4 Å². The maximum Gasteiger partial charge on any atom is 0.323 e. The summed E-state index contributed by atoms with van der Waals surface area (Å²) in [5.74, 6) is -1.60. The topological polar surface area (TPSA) is 128 Å². The molecule has 31 heavy (non-hydrogen) atoms. The van der Waals surface area contributed by atoms with Crippen molar-refractivity contribution in [2.75, 3.05) is 31.1 Å². The summed E-state index contributed by atoms with van der Waals surface area (Å²) < 4.78 is 5.71. The summed E-state index contributed by atoms with van der Waals surface area (Å²) in [5, 5.41) is 25.2. The fraction of sp³-hybridized carbons (Fsp3) is 0.591. The Labute approximate surface area is 181 Å². The van der Waals surface area contributed by atoms with E-state index in [0.717, 1.165) is 50.1 Å². The van der Waals surface area contributed by atoms with E-state index in [1.165, 1.54) is 0 Å². The number of nitrogens with one attached hydrogen (secondary N) is 2. The molecule has 3 rings (SSSR count). The number of amides is 1. The number of aliphatic carboxylic acids is 2. The molecular formula is C22H31N3O6. The molecule has 4 N–H and O–H groups in total. The van der Waals surface area contributed by atoms with Gasteiger partial charge in [-0.1, -0.05) is 31.4 Å². The van der Waals surface area contributed by atoms with Crippen LogP contribution in [-0.2, 0) is 14.4 Å². The van der Waals surface area contributed by atoms with Gasteiger partial charge in [-0.25, -0.2) is 0 Å². The highest BCUT2D eigenvalue weighted by atomic mass is 16.5. The normalized spacial score (nSPS) is 20.5. The van der Waals surface area contributed by atoms with E-state index in [4.69, 9.17) is 4.74 Å². The van der Waals surface area contributed by atoms with Crippen LogP contribution in [0.3, 0.4) is 0 Å². The van der Waals surface area contributed by atoms with Gasteiger partial charge in [0.15, 0.2) is 0 Å². The van der Waals surface area contributed by atoms with Crippen LogP contribution in [0.5, 0.6) is 5.75 Å². The van der Waals surface area contributed by atoms with E-state index in [1.54, 1.807) is 24.3 Å². The van der Waals surface area contributed by atoms with Crippen molar-refractivity contribution in [3.05, 3.63) is 24.3 Å². The number of nitrogens with zero attached hydrogens (tertiary/aromatic N) is 1. The molecule has 2 aliphatic rings. The lowest BCUT2D eigenvalue weighted by molar-refractivity contribution is -0.141. The largest absolute Gasteiger partial charge is 0.489 e. The summed E-state index contributed by atoms with van der Waals surface area (Å²) in [4.78, 5) is 37.3. The third kappa shape index (κ3) is 6.41. The number of rotatable bonds is 10. The average Bonchev–Trinajstić information content (AvgIpc) is 2.88. The first-order valence-corrected chi connectivity index (χ1v) is 10.9. The molecule has 1 unspecified atom stereocenters. The molecule has 0 aromatic heterocycles. The number of piperidine rings is 1. The Morgan fingerprint density at radius 2 is 1.94 bits per heavy atom. The van der Waals surface area contributed by atoms with Crippen LogP contribution in [0.2, 0.25) is 0 Å². The van der Waals surface area contributed by atoms with Gasteiger partial charge in [-0.2, -0.15) is 0 Å². The quantitative estimate of drug-likeness (QED) is 0.409. The molecule has 170 valence electrons. The maximum atomic E-state index is 13.1. The first-order valence-electron chi connectivity index (χ1n) is 10.9. The summed E-state index contributed by atoms with van der Waals surface area (Å²) in [6.07, 6.45) is 5.50. The zero-order valence-corrected chi connectivity index (χ0v) is 17.6. The smallest absolute Gasteiger partial charge is 0.323 e. The number of anilines is 1. The number of fused-ring (bicyclic) bond motifs is 1. The number of carboxylic acid groups (broad SMARTS) is 2. The van der Waals surface area contributed by atoms with E-state index >= 15 is 0 Å². The number of carbonyl (C=O) groups excluding carboxylic acids is 1. The number of carboxylic acids is 2. The molecule has 0 spiro atoms. The van der Waals surface area contributed by atoms with Gasteiger partial charge >= 0.3 is 11.9 Å². The highest BCUT2D eigenvalue weighted by Crippen LogP contribution is 2.31. The van der Waals surface area contributed by atoms with Crippen LogP contribution in [0.4, 0.5) is 5.69 Å². The second-order valence-corrected chi connectivity index (χ2v) is 8.18. The van der Waals surface area contributed by atoms with Gasteiger partial charge in [0, 0.05) is 0 Å². The molecule has 0 radical (unpaired) electrons. The standard InChI is InChI=1S/C22H31N3O6/c26-20(27)13-25-18-7-3-4-8-19(18)31-14-17(21(25)28)24-16(22(29)30)6-2-1-5-15-9-11-23-12-10-15/h3-4,7-8,15-17,23-24H,1-2,5-6,9-14H2,(H,26,27)(H,29,30)/t16?,17-/m0/s1. The average molecular weight is 434 g/mol. The van der Waals surface area contributed by atoms with E-state index in [-0.39, 0.29) is 6.61 Å². The van der Waals surface area contributed by atoms with Crippen LogP contribution in [0, 0.1) is 5.92 Å². The Balaban J connectivity index is 1.60. The molecule has 2 atom stereocenters. The minimum Gasteiger partial charge on any atom is -0.489 e. The molecule has 1 fully saturated rings. The molecule has 9 heteroatoms. The first kappa shape index (κ1) is 23.0. The molecule has 1 amide bonds. The van der Waals surface area contributed by atoms with Gasteiger partial charge < -0.3 is 20.3 Å². The molecule has 0 bridgehead atoms. The van der Waals surface area contributed by atoms with Gasteiger partial charge in [0.2, 0.25) is 5.91 Å². The highest BCUT2D eigenvalue weighted by molar-refractivity contribution is 6.02. The Morgan fingerprint density at radius 1 is 1.19 bits per heavy atom. The van der Waals surface area contributed by atoms with Crippen molar-refractivity contribution < 1.29 is 29.3 Å². The van der Waals surface area contributed by atoms with Crippen LogP contribution in [0.15, 0.2) is 24.3 Å². The van der Waals surface area contributed by atoms with Crippen molar-refractivity contribution in [2.24, 2.45) is 5.92 Å². The van der Waals surface area contributed by atoms with Gasteiger partial charge in [-0.3, -0.25) is 24.6 Å². The molecule has 9 nitrogen and oxygen atoms in total. The fourth-order valence-corrected chi connectivity index (χ4v) is 4.24. The maximum absolute atomic E-state index is 13.1. The fourth-order valence-electron chi connectivity index (χ4n) is 4.24. The SMILES string of the molecule is O=C(O)CN1C(=O)[C@@H](NC(CCCCC2CCNCC2)C(=O)O)COc2ccccc21. The zero-order valence-electron chi connectivity index (χ0n) is 17.6. The van der Waals surface area contributed by atoms with Crippen molar-refractivity contribution in [1.29, 1.82) is 0 Å². The third-order valence-electron chi connectivity index (χ3n) is 5.93. The minimum absolute atomic E-state index is 0.0647. The van der Waals surface area contributed by atoms with E-state index in [9.17, 15) is 24.6 Å². The molecule has 0 aliphatic carbocycles. The van der Waals surface area contributed by atoms with Crippen LogP contribution >= 0.6 is 0 Å².